The summed E-state index contributed by atoms with van der Waals surface area (Å²) in [5.41, 5.74) is 8.98. The maximum Gasteiger partial charge on any atom is 2.00 e. The van der Waals surface area contributed by atoms with Crippen molar-refractivity contribution >= 4 is 23.2 Å². The number of rotatable bonds is 4. The predicted molar refractivity (Wildman–Crippen MR) is 133 cm³/mol. The fourth-order valence-corrected chi connectivity index (χ4v) is 4.42. The molecule has 0 saturated carbocycles. The average Bonchev–Trinajstić information content (AvgIpc) is 3.19. The molecule has 2 aromatic heterocycles. The average molecular weight is 617 g/mol. The van der Waals surface area contributed by atoms with Gasteiger partial charge in [0, 0.05) is 29.8 Å². The van der Waals surface area contributed by atoms with Crippen molar-refractivity contribution in [1.29, 1.82) is 0 Å². The van der Waals surface area contributed by atoms with Crippen LogP contribution in [-0.4, -0.2) is 16.7 Å². The zero-order valence-corrected chi connectivity index (χ0v) is 20.7. The maximum absolute atomic E-state index is 5.89. The van der Waals surface area contributed by atoms with Crippen molar-refractivity contribution in [1.82, 2.24) is 9.97 Å². The topological polar surface area (TPSA) is 35.0 Å². The van der Waals surface area contributed by atoms with Gasteiger partial charge in [-0.3, -0.25) is 4.98 Å². The summed E-state index contributed by atoms with van der Waals surface area (Å²) < 4.78 is 5.89. The van der Waals surface area contributed by atoms with E-state index in [1.165, 1.54) is 16.6 Å². The first-order valence-electron chi connectivity index (χ1n) is 11.0. The van der Waals surface area contributed by atoms with Crippen LogP contribution in [0.5, 0.6) is 11.6 Å². The summed E-state index contributed by atoms with van der Waals surface area (Å²) in [6.45, 7) is 2.12. The number of pyridine rings is 2. The molecule has 0 amide bonds. The molecule has 1 aliphatic rings. The molecule has 3 nitrogen and oxygen atoms in total. The van der Waals surface area contributed by atoms with E-state index in [2.05, 4.69) is 72.6 Å². The van der Waals surface area contributed by atoms with Gasteiger partial charge in [0.1, 0.15) is 0 Å². The van der Waals surface area contributed by atoms with Gasteiger partial charge in [0.25, 0.3) is 0 Å². The van der Waals surface area contributed by atoms with Crippen LogP contribution >= 0.6 is 0 Å². The number of aryl methyl sites for hydroxylation is 1. The zero-order chi connectivity index (χ0) is 22.2. The van der Waals surface area contributed by atoms with Gasteiger partial charge in [-0.05, 0) is 24.6 Å². The third-order valence-electron chi connectivity index (χ3n) is 5.97. The van der Waals surface area contributed by atoms with Crippen molar-refractivity contribution in [3.05, 3.63) is 115 Å². The van der Waals surface area contributed by atoms with Gasteiger partial charge in [-0.25, -0.2) is 16.1 Å². The van der Waals surface area contributed by atoms with Crippen LogP contribution in [0.4, 0.5) is 0 Å². The number of hydrogen-bond donors (Lipinski definition) is 0. The van der Waals surface area contributed by atoms with Crippen LogP contribution in [0.25, 0.3) is 22.3 Å². The Morgan fingerprint density at radius 2 is 1.59 bits per heavy atom. The van der Waals surface area contributed by atoms with E-state index in [4.69, 9.17) is 9.72 Å². The predicted octanol–water partition coefficient (Wildman–Crippen LogP) is 4.34. The molecule has 6 rings (SSSR count). The Labute approximate surface area is 214 Å². The van der Waals surface area contributed by atoms with Crippen LogP contribution in [-0.2, 0) is 21.1 Å². The van der Waals surface area contributed by atoms with Gasteiger partial charge in [0.2, 0.25) is 12.6 Å². The molecule has 34 heavy (non-hydrogen) atoms. The summed E-state index contributed by atoms with van der Waals surface area (Å²) in [5.74, 6) is 1.17. The van der Waals surface area contributed by atoms with Crippen molar-refractivity contribution in [2.24, 2.45) is 0 Å². The summed E-state index contributed by atoms with van der Waals surface area (Å²) in [6, 6.07) is 35.7. The zero-order valence-electron chi connectivity index (χ0n) is 18.4. The van der Waals surface area contributed by atoms with Gasteiger partial charge in [-0.1, -0.05) is 47.4 Å². The summed E-state index contributed by atoms with van der Waals surface area (Å²) in [7, 11) is 0. The van der Waals surface area contributed by atoms with Gasteiger partial charge in [0.15, 0.2) is 0 Å². The number of nitrogens with zero attached hydrogens (tertiary/aromatic N) is 2. The summed E-state index contributed by atoms with van der Waals surface area (Å²) in [6.07, 6.45) is 3.65. The molecule has 1 aliphatic heterocycles. The smallest absolute Gasteiger partial charge is 0.460 e. The Morgan fingerprint density at radius 1 is 0.735 bits per heavy atom. The molecular weight excluding hydrogens is 598 g/mol. The van der Waals surface area contributed by atoms with Crippen molar-refractivity contribution in [2.45, 2.75) is 6.92 Å². The standard InChI is InChI=1S/C29H19BN2O.Pt/c1-20-12-15-28(32-19-20)30-26-10-3-2-9-24(26)25-14-13-22(18-27(25)30)21-7-6-8-23(17-21)33-29-11-4-5-16-31-29;/h2-16,19H,1H3;/q-2;+2. The van der Waals surface area contributed by atoms with E-state index in [9.17, 15) is 0 Å². The summed E-state index contributed by atoms with van der Waals surface area (Å²) in [5, 5.41) is 0. The first kappa shape index (κ1) is 22.3. The number of fused-ring (bicyclic) bond motifs is 3. The molecule has 0 bridgehead atoms. The molecular formula is C29H19BN2OPt. The molecule has 3 heterocycles. The quantitative estimate of drug-likeness (QED) is 0.218. The fourth-order valence-electron chi connectivity index (χ4n) is 4.42. The number of benzene rings is 3. The second-order valence-corrected chi connectivity index (χ2v) is 8.18. The molecule has 0 atom stereocenters. The second kappa shape index (κ2) is 9.40. The van der Waals surface area contributed by atoms with Gasteiger partial charge < -0.3 is 4.74 Å². The van der Waals surface area contributed by atoms with Crippen LogP contribution in [0.1, 0.15) is 5.56 Å². The molecule has 0 saturated heterocycles. The second-order valence-electron chi connectivity index (χ2n) is 8.18. The first-order chi connectivity index (χ1) is 16.3. The van der Waals surface area contributed by atoms with Crippen LogP contribution in [0.15, 0.2) is 97.3 Å². The first-order valence-corrected chi connectivity index (χ1v) is 11.0. The number of aromatic nitrogens is 2. The van der Waals surface area contributed by atoms with Gasteiger partial charge in [-0.15, -0.1) is 23.8 Å². The molecule has 0 aliphatic carbocycles. The SMILES string of the molecule is Cc1ccc(B2c3[c-]c(-c4[c-]c(Oc5ccccn5)ccc4)ccc3-c3ccccc32)nc1.[Pt+2]. The fraction of sp³-hybridized carbons (Fsp3) is 0.0345. The van der Waals surface area contributed by atoms with E-state index >= 15 is 0 Å². The summed E-state index contributed by atoms with van der Waals surface area (Å²) in [4.78, 5) is 9.01. The van der Waals surface area contributed by atoms with Gasteiger partial charge in [0.05, 0.1) is 0 Å². The summed E-state index contributed by atoms with van der Waals surface area (Å²) >= 11 is 0. The van der Waals surface area contributed by atoms with Crippen molar-refractivity contribution in [2.75, 3.05) is 0 Å². The van der Waals surface area contributed by atoms with Crippen molar-refractivity contribution in [3.63, 3.8) is 0 Å². The van der Waals surface area contributed by atoms with Crippen LogP contribution in [0.3, 0.4) is 0 Å². The number of ether oxygens (including phenoxy) is 1. The van der Waals surface area contributed by atoms with E-state index in [1.807, 2.05) is 42.6 Å². The van der Waals surface area contributed by atoms with Crippen LogP contribution in [0, 0.1) is 19.1 Å². The molecule has 3 aromatic carbocycles. The minimum atomic E-state index is 0. The van der Waals surface area contributed by atoms with E-state index in [0.29, 0.717) is 11.6 Å². The Balaban J connectivity index is 0.00000241. The van der Waals surface area contributed by atoms with Crippen molar-refractivity contribution < 1.29 is 25.8 Å². The Bertz CT molecular complexity index is 1460. The van der Waals surface area contributed by atoms with E-state index in [1.54, 1.807) is 6.20 Å². The Hall–Kier alpha value is -3.49. The molecule has 0 radical (unpaired) electrons. The molecule has 5 heteroatoms. The minimum absolute atomic E-state index is 0. The van der Waals surface area contributed by atoms with E-state index in [0.717, 1.165) is 27.7 Å². The minimum Gasteiger partial charge on any atom is -0.460 e. The normalized spacial score (nSPS) is 11.4. The maximum atomic E-state index is 5.89. The Morgan fingerprint density at radius 3 is 2.41 bits per heavy atom. The molecule has 0 fully saturated rings. The Kier molecular flexibility index (Phi) is 6.17. The number of hydrogen-bond acceptors (Lipinski definition) is 3. The van der Waals surface area contributed by atoms with Crippen molar-refractivity contribution in [3.8, 4) is 33.9 Å². The largest absolute Gasteiger partial charge is 2.00 e. The van der Waals surface area contributed by atoms with Crippen LogP contribution < -0.4 is 21.3 Å². The molecule has 0 unspecified atom stereocenters. The van der Waals surface area contributed by atoms with E-state index < -0.39 is 0 Å². The molecule has 5 aromatic rings. The van der Waals surface area contributed by atoms with Crippen LogP contribution in [0.2, 0.25) is 0 Å². The molecule has 0 spiro atoms. The molecule has 0 N–H and O–H groups in total. The van der Waals surface area contributed by atoms with E-state index in [-0.39, 0.29) is 27.8 Å². The van der Waals surface area contributed by atoms with Gasteiger partial charge >= 0.3 is 21.1 Å². The van der Waals surface area contributed by atoms with Gasteiger partial charge in [-0.2, -0.15) is 29.7 Å². The third kappa shape index (κ3) is 4.10. The third-order valence-corrected chi connectivity index (χ3v) is 5.97. The monoisotopic (exact) mass is 617 g/mol. The molecule has 164 valence electrons.